The molecule has 0 aliphatic rings. The first-order valence-corrected chi connectivity index (χ1v) is 12.2. The predicted octanol–water partition coefficient (Wildman–Crippen LogP) is 7.93. The van der Waals surface area contributed by atoms with Gasteiger partial charge in [0, 0.05) is 33.8 Å². The second kappa shape index (κ2) is 8.44. The van der Waals surface area contributed by atoms with Gasteiger partial charge in [0.2, 0.25) is 0 Å². The van der Waals surface area contributed by atoms with Crippen LogP contribution in [0.1, 0.15) is 5.69 Å². The third kappa shape index (κ3) is 3.45. The van der Waals surface area contributed by atoms with Crippen molar-refractivity contribution in [1.82, 2.24) is 14.5 Å². The van der Waals surface area contributed by atoms with Crippen LogP contribution in [-0.2, 0) is 0 Å². The largest absolute Gasteiger partial charge is 0.309 e. The van der Waals surface area contributed by atoms with E-state index in [1.807, 2.05) is 30.3 Å². The zero-order valence-electron chi connectivity index (χ0n) is 19.8. The first-order valence-electron chi connectivity index (χ1n) is 12.2. The van der Waals surface area contributed by atoms with Crippen LogP contribution in [0.4, 0.5) is 0 Å². The average Bonchev–Trinajstić information content (AvgIpc) is 3.32. The summed E-state index contributed by atoms with van der Waals surface area (Å²) in [5.41, 5.74) is 7.42. The fraction of sp³-hybridized carbons (Fsp3) is 0. The molecule has 3 heterocycles. The first kappa shape index (κ1) is 21.0. The lowest BCUT2D eigenvalue weighted by atomic mass is 10.0. The van der Waals surface area contributed by atoms with E-state index in [1.54, 1.807) is 12.3 Å². The molecule has 0 saturated heterocycles. The molecule has 7 aromatic rings. The van der Waals surface area contributed by atoms with Crippen molar-refractivity contribution in [3.8, 4) is 34.3 Å². The second-order valence-electron chi connectivity index (χ2n) is 9.03. The van der Waals surface area contributed by atoms with Crippen molar-refractivity contribution in [3.05, 3.63) is 127 Å². The molecule has 0 spiro atoms. The van der Waals surface area contributed by atoms with Gasteiger partial charge in [-0.1, -0.05) is 66.7 Å². The van der Waals surface area contributed by atoms with Crippen LogP contribution in [0.15, 0.2) is 121 Å². The zero-order valence-corrected chi connectivity index (χ0v) is 19.8. The van der Waals surface area contributed by atoms with Crippen molar-refractivity contribution in [2.45, 2.75) is 0 Å². The molecule has 0 aliphatic heterocycles. The van der Waals surface area contributed by atoms with Crippen LogP contribution in [0, 0.1) is 11.3 Å². The van der Waals surface area contributed by atoms with E-state index in [0.29, 0.717) is 5.69 Å². The number of fused-ring (bicyclic) bond motifs is 5. The number of hydrogen-bond donors (Lipinski definition) is 0. The maximum Gasteiger partial charge on any atom is 0.141 e. The topological polar surface area (TPSA) is 54.5 Å². The smallest absolute Gasteiger partial charge is 0.141 e. The molecule has 0 bridgehead atoms. The molecular formula is C33H20N4. The number of rotatable bonds is 3. The monoisotopic (exact) mass is 472 g/mol. The molecule has 172 valence electrons. The van der Waals surface area contributed by atoms with E-state index >= 15 is 0 Å². The van der Waals surface area contributed by atoms with Gasteiger partial charge in [-0.2, -0.15) is 5.26 Å². The summed E-state index contributed by atoms with van der Waals surface area (Å²) in [6.07, 6.45) is 1.65. The third-order valence-electron chi connectivity index (χ3n) is 6.89. The van der Waals surface area contributed by atoms with Gasteiger partial charge in [0.25, 0.3) is 0 Å². The SMILES string of the molecule is N#Cc1cc(-c2cccc(-c3ccc4c5c6ccccc6ccc5n(-c5ccccc5)c4c3)n2)ccn1. The average molecular weight is 473 g/mol. The Morgan fingerprint density at radius 1 is 0.622 bits per heavy atom. The molecule has 4 heteroatoms. The Balaban J connectivity index is 1.48. The van der Waals surface area contributed by atoms with Crippen molar-refractivity contribution < 1.29 is 0 Å². The molecule has 37 heavy (non-hydrogen) atoms. The lowest BCUT2D eigenvalue weighted by Gasteiger charge is -2.09. The highest BCUT2D eigenvalue weighted by molar-refractivity contribution is 6.21. The zero-order chi connectivity index (χ0) is 24.8. The summed E-state index contributed by atoms with van der Waals surface area (Å²) in [6, 6.07) is 41.8. The van der Waals surface area contributed by atoms with Gasteiger partial charge in [-0.3, -0.25) is 0 Å². The maximum atomic E-state index is 9.25. The number of nitrogens with zero attached hydrogens (tertiary/aromatic N) is 4. The van der Waals surface area contributed by atoms with Gasteiger partial charge in [-0.25, -0.2) is 9.97 Å². The van der Waals surface area contributed by atoms with Crippen molar-refractivity contribution in [2.75, 3.05) is 0 Å². The van der Waals surface area contributed by atoms with Crippen LogP contribution in [-0.4, -0.2) is 14.5 Å². The number of aromatic nitrogens is 3. The summed E-state index contributed by atoms with van der Waals surface area (Å²) < 4.78 is 2.34. The van der Waals surface area contributed by atoms with E-state index in [2.05, 4.69) is 94.5 Å². The van der Waals surface area contributed by atoms with Crippen LogP contribution >= 0.6 is 0 Å². The van der Waals surface area contributed by atoms with E-state index in [4.69, 9.17) is 4.98 Å². The fourth-order valence-electron chi connectivity index (χ4n) is 5.21. The molecule has 0 radical (unpaired) electrons. The van der Waals surface area contributed by atoms with E-state index in [-0.39, 0.29) is 0 Å². The lowest BCUT2D eigenvalue weighted by molar-refractivity contribution is 1.18. The highest BCUT2D eigenvalue weighted by atomic mass is 15.0. The second-order valence-corrected chi connectivity index (χ2v) is 9.03. The Morgan fingerprint density at radius 3 is 2.24 bits per heavy atom. The Kier molecular flexibility index (Phi) is 4.80. The molecule has 0 saturated carbocycles. The van der Waals surface area contributed by atoms with Gasteiger partial charge in [0.15, 0.2) is 0 Å². The van der Waals surface area contributed by atoms with Crippen LogP contribution in [0.3, 0.4) is 0 Å². The van der Waals surface area contributed by atoms with E-state index in [9.17, 15) is 5.26 Å². The van der Waals surface area contributed by atoms with Gasteiger partial charge in [0.1, 0.15) is 11.8 Å². The maximum absolute atomic E-state index is 9.25. The van der Waals surface area contributed by atoms with E-state index < -0.39 is 0 Å². The standard InChI is InChI=1S/C33H20N4/c34-21-25-19-24(17-18-35-25)30-12-6-11-29(36-30)23-13-15-28-32(20-23)37(26-8-2-1-3-9-26)31-16-14-22-7-4-5-10-27(22)33(28)31/h1-20H. The van der Waals surface area contributed by atoms with Gasteiger partial charge >= 0.3 is 0 Å². The molecule has 0 aliphatic carbocycles. The Morgan fingerprint density at radius 2 is 1.41 bits per heavy atom. The molecule has 0 atom stereocenters. The Bertz CT molecular complexity index is 2000. The molecule has 7 rings (SSSR count). The third-order valence-corrected chi connectivity index (χ3v) is 6.89. The first-order chi connectivity index (χ1) is 18.3. The normalized spacial score (nSPS) is 11.2. The molecule has 0 fully saturated rings. The summed E-state index contributed by atoms with van der Waals surface area (Å²) in [7, 11) is 0. The number of para-hydroxylation sites is 1. The van der Waals surface area contributed by atoms with E-state index in [0.717, 1.165) is 33.7 Å². The Hall–Kier alpha value is -5.27. The molecule has 0 N–H and O–H groups in total. The fourth-order valence-corrected chi connectivity index (χ4v) is 5.21. The summed E-state index contributed by atoms with van der Waals surface area (Å²) in [5, 5.41) is 14.2. The van der Waals surface area contributed by atoms with Crippen molar-refractivity contribution in [1.29, 1.82) is 5.26 Å². The lowest BCUT2D eigenvalue weighted by Crippen LogP contribution is -1.94. The van der Waals surface area contributed by atoms with Gasteiger partial charge in [-0.05, 0) is 59.3 Å². The van der Waals surface area contributed by atoms with Crippen LogP contribution in [0.5, 0.6) is 0 Å². The minimum absolute atomic E-state index is 0.380. The van der Waals surface area contributed by atoms with Gasteiger partial charge < -0.3 is 4.57 Å². The van der Waals surface area contributed by atoms with Gasteiger partial charge in [0.05, 0.1) is 22.4 Å². The number of nitriles is 1. The summed E-state index contributed by atoms with van der Waals surface area (Å²) in [4.78, 5) is 9.04. The minimum Gasteiger partial charge on any atom is -0.309 e. The minimum atomic E-state index is 0.380. The van der Waals surface area contributed by atoms with Crippen molar-refractivity contribution >= 4 is 32.6 Å². The summed E-state index contributed by atoms with van der Waals surface area (Å²) in [6.45, 7) is 0. The Labute approximate surface area is 213 Å². The van der Waals surface area contributed by atoms with Crippen molar-refractivity contribution in [2.24, 2.45) is 0 Å². The van der Waals surface area contributed by atoms with Crippen LogP contribution in [0.2, 0.25) is 0 Å². The number of pyridine rings is 2. The number of hydrogen-bond acceptors (Lipinski definition) is 3. The molecule has 4 aromatic carbocycles. The molecule has 3 aromatic heterocycles. The van der Waals surface area contributed by atoms with Crippen molar-refractivity contribution in [3.63, 3.8) is 0 Å². The molecule has 0 unspecified atom stereocenters. The molecule has 4 nitrogen and oxygen atoms in total. The summed E-state index contributed by atoms with van der Waals surface area (Å²) in [5.74, 6) is 0. The molecular weight excluding hydrogens is 452 g/mol. The van der Waals surface area contributed by atoms with Gasteiger partial charge in [-0.15, -0.1) is 0 Å². The van der Waals surface area contributed by atoms with Crippen LogP contribution in [0.25, 0.3) is 60.8 Å². The molecule has 0 amide bonds. The highest BCUT2D eigenvalue weighted by Gasteiger charge is 2.16. The summed E-state index contributed by atoms with van der Waals surface area (Å²) >= 11 is 0. The predicted molar refractivity (Wildman–Crippen MR) is 149 cm³/mol. The quantitative estimate of drug-likeness (QED) is 0.262. The van der Waals surface area contributed by atoms with Crippen LogP contribution < -0.4 is 0 Å². The van der Waals surface area contributed by atoms with E-state index in [1.165, 1.54) is 27.1 Å². The number of benzene rings is 4. The highest BCUT2D eigenvalue weighted by Crippen LogP contribution is 2.38.